The molecule has 0 spiro atoms. The molecule has 3 heterocycles. The molecule has 0 radical (unpaired) electrons. The number of piperidine rings is 1. The largest absolute Gasteiger partial charge is 0.763 e. The summed E-state index contributed by atoms with van der Waals surface area (Å²) < 4.78 is 5.21. The Labute approximate surface area is 182 Å². The van der Waals surface area contributed by atoms with E-state index in [2.05, 4.69) is 21.5 Å². The maximum absolute atomic E-state index is 12.5. The lowest BCUT2D eigenvalue weighted by atomic mass is 9.81. The lowest BCUT2D eigenvalue weighted by Crippen LogP contribution is -2.85. The van der Waals surface area contributed by atoms with Gasteiger partial charge < -0.3 is 25.8 Å². The fourth-order valence-corrected chi connectivity index (χ4v) is 4.25. The van der Waals surface area contributed by atoms with Crippen LogP contribution in [-0.2, 0) is 9.53 Å². The molecular formula is C23H28N4O2S. The Morgan fingerprint density at radius 1 is 1.30 bits per heavy atom. The lowest BCUT2D eigenvalue weighted by molar-refractivity contribution is -0.662. The number of nitrogens with zero attached hydrogens (tertiary/aromatic N) is 1. The molecule has 2 aliphatic rings. The van der Waals surface area contributed by atoms with Crippen molar-refractivity contribution in [3.05, 3.63) is 58.3 Å². The number of rotatable bonds is 3. The van der Waals surface area contributed by atoms with Crippen LogP contribution < -0.4 is 10.6 Å². The third-order valence-electron chi connectivity index (χ3n) is 5.39. The maximum atomic E-state index is 12.5. The van der Waals surface area contributed by atoms with Crippen molar-refractivity contribution in [1.29, 1.82) is 0 Å². The van der Waals surface area contributed by atoms with Crippen LogP contribution in [0.3, 0.4) is 0 Å². The number of hydrogen-bond acceptors (Lipinski definition) is 3. The average Bonchev–Trinajstić information content (AvgIpc) is 3.19. The maximum Gasteiger partial charge on any atom is 0.336 e. The first kappa shape index (κ1) is 22.0. The third kappa shape index (κ3) is 4.70. The molecule has 1 aromatic heterocycles. The summed E-state index contributed by atoms with van der Waals surface area (Å²) in [4.78, 5) is 16.1. The van der Waals surface area contributed by atoms with Gasteiger partial charge in [0, 0.05) is 28.4 Å². The second-order valence-electron chi connectivity index (χ2n) is 7.39. The summed E-state index contributed by atoms with van der Waals surface area (Å²) in [5.74, 6) is 1.18. The molecule has 7 heteroatoms. The van der Waals surface area contributed by atoms with Crippen LogP contribution in [0.4, 0.5) is 0 Å². The number of aromatic amines is 1. The molecule has 158 valence electrons. The zero-order valence-electron chi connectivity index (χ0n) is 17.5. The van der Waals surface area contributed by atoms with Crippen molar-refractivity contribution in [3.63, 3.8) is 0 Å². The van der Waals surface area contributed by atoms with Crippen molar-refractivity contribution >= 4 is 39.9 Å². The van der Waals surface area contributed by atoms with E-state index in [0.717, 1.165) is 16.5 Å². The van der Waals surface area contributed by atoms with Gasteiger partial charge in [-0.1, -0.05) is 30.4 Å². The molecule has 4 N–H and O–H groups in total. The molecule has 2 aromatic rings. The Hall–Kier alpha value is -2.73. The quantitative estimate of drug-likeness (QED) is 0.306. The normalized spacial score (nSPS) is 18.9. The number of hydrogen-bond donors (Lipinski definition) is 3. The molecule has 30 heavy (non-hydrogen) atoms. The van der Waals surface area contributed by atoms with Crippen molar-refractivity contribution in [2.75, 3.05) is 19.7 Å². The highest BCUT2D eigenvalue weighted by atomic mass is 32.1. The molecule has 6 nitrogen and oxygen atoms in total. The number of ether oxygens (including phenoxy) is 1. The number of carbonyl (C=O) groups excluding carboxylic acids is 1. The monoisotopic (exact) mass is 424 g/mol. The van der Waals surface area contributed by atoms with E-state index in [0.29, 0.717) is 21.8 Å². The average molecular weight is 425 g/mol. The van der Waals surface area contributed by atoms with Crippen LogP contribution in [0.2, 0.25) is 0 Å². The van der Waals surface area contributed by atoms with Gasteiger partial charge >= 0.3 is 5.97 Å². The highest BCUT2D eigenvalue weighted by Gasteiger charge is 2.35. The number of nitrogens with two attached hydrogens (primary N) is 1. The number of quaternary nitrogens is 1. The minimum absolute atomic E-state index is 0.266. The van der Waals surface area contributed by atoms with Gasteiger partial charge in [0.05, 0.1) is 31.2 Å². The first-order valence-electron chi connectivity index (χ1n) is 10.4. The number of thiocarbonyl (C=S) groups is 1. The van der Waals surface area contributed by atoms with Crippen molar-refractivity contribution in [2.45, 2.75) is 39.0 Å². The number of fused-ring (bicyclic) bond motifs is 1. The predicted molar refractivity (Wildman–Crippen MR) is 123 cm³/mol. The fourth-order valence-electron chi connectivity index (χ4n) is 3.93. The van der Waals surface area contributed by atoms with Gasteiger partial charge in [-0.25, -0.2) is 4.79 Å². The highest BCUT2D eigenvalue weighted by Crippen LogP contribution is 2.39. The molecule has 4 rings (SSSR count). The molecule has 2 aliphatic heterocycles. The van der Waals surface area contributed by atoms with Crippen molar-refractivity contribution in [3.8, 4) is 0 Å². The van der Waals surface area contributed by atoms with E-state index in [4.69, 9.17) is 17.0 Å². The van der Waals surface area contributed by atoms with Crippen LogP contribution in [0.5, 0.6) is 0 Å². The third-order valence-corrected chi connectivity index (χ3v) is 5.71. The molecule has 1 fully saturated rings. The van der Waals surface area contributed by atoms with E-state index < -0.39 is 11.9 Å². The van der Waals surface area contributed by atoms with E-state index in [9.17, 15) is 10.2 Å². The summed E-state index contributed by atoms with van der Waals surface area (Å²) in [6.45, 7) is 6.54. The number of carbonyl (C=O) groups is 1. The van der Waals surface area contributed by atoms with Crippen LogP contribution in [0.1, 0.15) is 44.6 Å². The van der Waals surface area contributed by atoms with E-state index >= 15 is 0 Å². The smallest absolute Gasteiger partial charge is 0.336 e. The summed E-state index contributed by atoms with van der Waals surface area (Å²) in [6, 6.07) is 7.76. The minimum Gasteiger partial charge on any atom is -0.763 e. The van der Waals surface area contributed by atoms with E-state index in [1.807, 2.05) is 30.5 Å². The van der Waals surface area contributed by atoms with Crippen molar-refractivity contribution in [1.82, 2.24) is 10.3 Å². The van der Waals surface area contributed by atoms with Gasteiger partial charge in [-0.05, 0) is 44.7 Å². The summed E-state index contributed by atoms with van der Waals surface area (Å²) in [7, 11) is 0. The van der Waals surface area contributed by atoms with E-state index in [-0.39, 0.29) is 6.61 Å². The van der Waals surface area contributed by atoms with Crippen LogP contribution in [0.25, 0.3) is 16.3 Å². The Morgan fingerprint density at radius 3 is 2.63 bits per heavy atom. The summed E-state index contributed by atoms with van der Waals surface area (Å²) in [5, 5.41) is 15.9. The van der Waals surface area contributed by atoms with Crippen molar-refractivity contribution < 1.29 is 14.8 Å². The van der Waals surface area contributed by atoms with E-state index in [1.54, 1.807) is 13.8 Å². The number of para-hydroxylation sites is 1. The number of benzene rings is 1. The Balaban J connectivity index is 0.000000367. The predicted octanol–water partition coefficient (Wildman–Crippen LogP) is 2.92. The second-order valence-corrected chi connectivity index (χ2v) is 7.80. The lowest BCUT2D eigenvalue weighted by Gasteiger charge is -2.30. The topological polar surface area (TPSA) is 93.0 Å². The van der Waals surface area contributed by atoms with Crippen LogP contribution >= 0.6 is 12.2 Å². The summed E-state index contributed by atoms with van der Waals surface area (Å²) >= 11 is 5.31. The van der Waals surface area contributed by atoms with Crippen LogP contribution in [0.15, 0.2) is 47.3 Å². The molecule has 0 bridgehead atoms. The highest BCUT2D eigenvalue weighted by molar-refractivity contribution is 7.80. The van der Waals surface area contributed by atoms with Gasteiger partial charge in [-0.2, -0.15) is 0 Å². The molecule has 0 amide bonds. The first-order valence-corrected chi connectivity index (χ1v) is 10.8. The molecule has 1 atom stereocenters. The van der Waals surface area contributed by atoms with Gasteiger partial charge in [0.25, 0.3) is 0 Å². The number of esters is 1. The van der Waals surface area contributed by atoms with Crippen LogP contribution in [0, 0.1) is 0 Å². The Bertz CT molecular complexity index is 1000. The first-order chi connectivity index (χ1) is 14.6. The van der Waals surface area contributed by atoms with Crippen LogP contribution in [-0.4, -0.2) is 41.5 Å². The van der Waals surface area contributed by atoms with Gasteiger partial charge in [-0.15, -0.1) is 0 Å². The van der Waals surface area contributed by atoms with E-state index in [1.165, 1.54) is 32.4 Å². The zero-order chi connectivity index (χ0) is 21.5. The Kier molecular flexibility index (Phi) is 7.57. The SMILES string of the molecule is C1CC[NH2+]CC1.CCOC(=O)C1=C(C)NC(=S)C(=C=[N-])C1c1c[nH]c2ccccc12. The zero-order valence-corrected chi connectivity index (χ0v) is 18.3. The van der Waals surface area contributed by atoms with Gasteiger partial charge in [0.1, 0.15) is 4.99 Å². The standard InChI is InChI=1S/C18H16N3O2S.C5H11N/c1-3-23-18(22)15-10(2)21-17(24)12(8-19)16(15)13-9-20-14-7-5-4-6-11(13)14;1-2-4-6-5-3-1/h4-7,9,16,20H,3H2,1-2H3,(H,21,24);6H,1-5H2/q-1;/p+1. The number of aromatic nitrogens is 1. The fraction of sp³-hybridized carbons (Fsp3) is 0.391. The molecule has 0 saturated carbocycles. The second kappa shape index (κ2) is 10.3. The molecule has 1 saturated heterocycles. The Morgan fingerprint density at radius 2 is 2.03 bits per heavy atom. The summed E-state index contributed by atoms with van der Waals surface area (Å²) in [5.41, 5.74) is 3.17. The summed E-state index contributed by atoms with van der Waals surface area (Å²) in [6.07, 6.45) is 6.18. The number of allylic oxidation sites excluding steroid dienone is 1. The molecular weight excluding hydrogens is 396 g/mol. The molecule has 0 aliphatic carbocycles. The number of nitrogens with one attached hydrogen (secondary N) is 2. The molecule has 1 unspecified atom stereocenters. The van der Waals surface area contributed by atoms with Gasteiger partial charge in [0.2, 0.25) is 0 Å². The minimum atomic E-state index is -0.543. The molecule has 1 aromatic carbocycles. The van der Waals surface area contributed by atoms with Crippen molar-refractivity contribution in [2.24, 2.45) is 0 Å². The van der Waals surface area contributed by atoms with Gasteiger partial charge in [-0.3, -0.25) is 5.87 Å². The van der Waals surface area contributed by atoms with Gasteiger partial charge in [0.15, 0.2) is 0 Å². The number of H-pyrrole nitrogens is 1.